The monoisotopic (exact) mass is 382 g/mol. The maximum Gasteiger partial charge on any atom is 0.157 e. The maximum atomic E-state index is 11.2. The van der Waals surface area contributed by atoms with E-state index in [1.807, 2.05) is 0 Å². The van der Waals surface area contributed by atoms with E-state index in [2.05, 4.69) is 25.1 Å². The molecule has 146 valence electrons. The molecule has 0 saturated heterocycles. The van der Waals surface area contributed by atoms with Crippen molar-refractivity contribution in [1.29, 1.82) is 0 Å². The number of halogens is 1. The SMILES string of the molecule is C[C@]12CC[C@H](O)[C@@H](O)C1CC[C@@H]1[C@@H]2CC[C@@]2(C)[C@H]1C[C@@H](O)[C@@]2(O)C#CCl. The number of hydrogen-bond donors (Lipinski definition) is 4. The van der Waals surface area contributed by atoms with Gasteiger partial charge in [0.05, 0.1) is 18.3 Å². The largest absolute Gasteiger partial charge is 0.390 e. The Morgan fingerprint density at radius 3 is 2.35 bits per heavy atom. The molecule has 0 radical (unpaired) electrons. The summed E-state index contributed by atoms with van der Waals surface area (Å²) >= 11 is 5.63. The van der Waals surface area contributed by atoms with E-state index in [0.717, 1.165) is 32.1 Å². The summed E-state index contributed by atoms with van der Waals surface area (Å²) in [4.78, 5) is 0. The van der Waals surface area contributed by atoms with Crippen molar-refractivity contribution in [3.63, 3.8) is 0 Å². The number of fused-ring (bicyclic) bond motifs is 5. The first-order valence-electron chi connectivity index (χ1n) is 10.1. The van der Waals surface area contributed by atoms with Crippen molar-refractivity contribution in [2.24, 2.45) is 34.5 Å². The molecule has 4 aliphatic carbocycles. The molecular formula is C21H31ClO4. The Morgan fingerprint density at radius 2 is 1.65 bits per heavy atom. The molecule has 0 aromatic rings. The highest BCUT2D eigenvalue weighted by Crippen LogP contribution is 2.68. The summed E-state index contributed by atoms with van der Waals surface area (Å²) in [5, 5.41) is 44.9. The molecule has 4 fully saturated rings. The molecule has 0 spiro atoms. The quantitative estimate of drug-likeness (QED) is 0.484. The third kappa shape index (κ3) is 2.25. The Morgan fingerprint density at radius 1 is 0.923 bits per heavy atom. The van der Waals surface area contributed by atoms with Gasteiger partial charge in [0.1, 0.15) is 0 Å². The van der Waals surface area contributed by atoms with E-state index >= 15 is 0 Å². The number of hydrogen-bond acceptors (Lipinski definition) is 4. The lowest BCUT2D eigenvalue weighted by Gasteiger charge is -2.61. The smallest absolute Gasteiger partial charge is 0.157 e. The third-order valence-electron chi connectivity index (χ3n) is 9.19. The number of rotatable bonds is 0. The van der Waals surface area contributed by atoms with E-state index in [4.69, 9.17) is 11.6 Å². The molecule has 4 saturated carbocycles. The Labute approximate surface area is 160 Å². The maximum absolute atomic E-state index is 11.2. The summed E-state index contributed by atoms with van der Waals surface area (Å²) in [7, 11) is 0. The second kappa shape index (κ2) is 6.09. The molecule has 0 heterocycles. The summed E-state index contributed by atoms with van der Waals surface area (Å²) in [6.07, 6.45) is 3.71. The normalized spacial score (nSPS) is 58.8. The minimum Gasteiger partial charge on any atom is -0.390 e. The minimum atomic E-state index is -1.44. The van der Waals surface area contributed by atoms with E-state index in [1.165, 1.54) is 0 Å². The van der Waals surface area contributed by atoms with Crippen LogP contribution >= 0.6 is 11.6 Å². The number of aliphatic hydroxyl groups is 4. The lowest BCUT2D eigenvalue weighted by Crippen LogP contribution is -2.60. The standard InChI is InChI=1S/C21H31ClO4/c1-19-7-6-16(23)18(25)14(19)4-3-12-13(19)5-8-20(2)15(12)11-17(24)21(20,26)9-10-22/h12-18,23-26H,3-8,11H2,1-2H3/t12-,13+,14?,15+,16+,17-,18+,19-,20+,21+/m1/s1. The van der Waals surface area contributed by atoms with Gasteiger partial charge in [-0.3, -0.25) is 0 Å². The lowest BCUT2D eigenvalue weighted by atomic mass is 9.44. The molecule has 0 aromatic carbocycles. The molecule has 0 aromatic heterocycles. The summed E-state index contributed by atoms with van der Waals surface area (Å²) in [5.74, 6) is 3.96. The zero-order valence-electron chi connectivity index (χ0n) is 15.7. The van der Waals surface area contributed by atoms with Crippen LogP contribution in [0.15, 0.2) is 0 Å². The summed E-state index contributed by atoms with van der Waals surface area (Å²) in [6.45, 7) is 4.36. The zero-order valence-corrected chi connectivity index (χ0v) is 16.4. The van der Waals surface area contributed by atoms with Crippen LogP contribution in [0.3, 0.4) is 0 Å². The van der Waals surface area contributed by atoms with Gasteiger partial charge in [-0.05, 0) is 91.6 Å². The highest BCUT2D eigenvalue weighted by molar-refractivity contribution is 6.30. The average Bonchev–Trinajstić information content (AvgIpc) is 2.79. The molecule has 0 aliphatic heterocycles. The molecule has 10 atom stereocenters. The molecule has 4 nitrogen and oxygen atoms in total. The van der Waals surface area contributed by atoms with E-state index in [9.17, 15) is 20.4 Å². The van der Waals surface area contributed by atoms with E-state index in [1.54, 1.807) is 0 Å². The Hall–Kier alpha value is -0.310. The van der Waals surface area contributed by atoms with Gasteiger partial charge in [-0.1, -0.05) is 13.8 Å². The summed E-state index contributed by atoms with van der Waals surface area (Å²) < 4.78 is 0. The van der Waals surface area contributed by atoms with Gasteiger partial charge in [-0.2, -0.15) is 0 Å². The third-order valence-corrected chi connectivity index (χ3v) is 9.28. The molecule has 4 N–H and O–H groups in total. The van der Waals surface area contributed by atoms with Crippen LogP contribution in [-0.4, -0.2) is 44.3 Å². The van der Waals surface area contributed by atoms with Gasteiger partial charge in [0, 0.05) is 10.8 Å². The highest BCUT2D eigenvalue weighted by Gasteiger charge is 2.68. The lowest BCUT2D eigenvalue weighted by molar-refractivity contribution is -0.183. The second-order valence-electron chi connectivity index (χ2n) is 9.86. The highest BCUT2D eigenvalue weighted by atomic mass is 35.5. The van der Waals surface area contributed by atoms with E-state index in [0.29, 0.717) is 24.7 Å². The second-order valence-corrected chi connectivity index (χ2v) is 10.0. The van der Waals surface area contributed by atoms with Gasteiger partial charge in [-0.15, -0.1) is 0 Å². The first kappa shape index (κ1) is 19.0. The summed E-state index contributed by atoms with van der Waals surface area (Å²) in [5.41, 5.74) is -1.87. The van der Waals surface area contributed by atoms with Crippen LogP contribution in [-0.2, 0) is 0 Å². The zero-order chi connectivity index (χ0) is 18.9. The fourth-order valence-corrected chi connectivity index (χ4v) is 7.78. The predicted octanol–water partition coefficient (Wildman–Crippen LogP) is 2.26. The van der Waals surface area contributed by atoms with Gasteiger partial charge < -0.3 is 20.4 Å². The molecular weight excluding hydrogens is 352 g/mol. The van der Waals surface area contributed by atoms with Crippen molar-refractivity contribution in [3.05, 3.63) is 0 Å². The van der Waals surface area contributed by atoms with Crippen LogP contribution in [0.4, 0.5) is 0 Å². The Bertz CT molecular complexity index is 644. The van der Waals surface area contributed by atoms with Crippen molar-refractivity contribution in [2.45, 2.75) is 82.7 Å². The first-order chi connectivity index (χ1) is 12.2. The van der Waals surface area contributed by atoms with E-state index in [-0.39, 0.29) is 17.3 Å². The van der Waals surface area contributed by atoms with Crippen LogP contribution < -0.4 is 0 Å². The number of aliphatic hydroxyl groups excluding tert-OH is 3. The molecule has 1 unspecified atom stereocenters. The molecule has 4 aliphatic rings. The fourth-order valence-electron chi connectivity index (χ4n) is 7.63. The van der Waals surface area contributed by atoms with Crippen molar-refractivity contribution >= 4 is 11.6 Å². The average molecular weight is 383 g/mol. The van der Waals surface area contributed by atoms with E-state index < -0.39 is 29.3 Å². The van der Waals surface area contributed by atoms with Crippen LogP contribution in [0.2, 0.25) is 0 Å². The Balaban J connectivity index is 1.68. The van der Waals surface area contributed by atoms with Crippen LogP contribution in [0.25, 0.3) is 0 Å². The first-order valence-corrected chi connectivity index (χ1v) is 10.5. The van der Waals surface area contributed by atoms with Gasteiger partial charge in [-0.25, -0.2) is 0 Å². The van der Waals surface area contributed by atoms with Crippen LogP contribution in [0, 0.1) is 45.8 Å². The van der Waals surface area contributed by atoms with Gasteiger partial charge in [0.15, 0.2) is 5.60 Å². The van der Waals surface area contributed by atoms with Crippen molar-refractivity contribution in [3.8, 4) is 11.3 Å². The fraction of sp³-hybridized carbons (Fsp3) is 0.905. The molecule has 0 amide bonds. The van der Waals surface area contributed by atoms with Gasteiger partial charge >= 0.3 is 0 Å². The molecule has 4 rings (SSSR count). The van der Waals surface area contributed by atoms with Crippen LogP contribution in [0.5, 0.6) is 0 Å². The van der Waals surface area contributed by atoms with Crippen LogP contribution in [0.1, 0.15) is 58.8 Å². The summed E-state index contributed by atoms with van der Waals surface area (Å²) in [6, 6.07) is 0. The van der Waals surface area contributed by atoms with Gasteiger partial charge in [0.2, 0.25) is 0 Å². The molecule has 0 bridgehead atoms. The molecule has 26 heavy (non-hydrogen) atoms. The predicted molar refractivity (Wildman–Crippen MR) is 99.1 cm³/mol. The topological polar surface area (TPSA) is 80.9 Å². The Kier molecular flexibility index (Phi) is 4.46. The van der Waals surface area contributed by atoms with Crippen molar-refractivity contribution in [2.75, 3.05) is 0 Å². The van der Waals surface area contributed by atoms with Gasteiger partial charge in [0.25, 0.3) is 0 Å². The van der Waals surface area contributed by atoms with Crippen molar-refractivity contribution < 1.29 is 20.4 Å². The minimum absolute atomic E-state index is 0.0206. The molecule has 5 heteroatoms. The van der Waals surface area contributed by atoms with Crippen molar-refractivity contribution in [1.82, 2.24) is 0 Å².